The fraction of sp³-hybridized carbons (Fsp3) is 0.500. The number of ether oxygens (including phenoxy) is 1. The molecule has 0 saturated carbocycles. The Morgan fingerprint density at radius 2 is 2.18 bits per heavy atom. The molecule has 0 heterocycles. The van der Waals surface area contributed by atoms with Gasteiger partial charge in [0.1, 0.15) is 11.6 Å². The smallest absolute Gasteiger partial charge is 0.169 e. The molecule has 0 aromatic heterocycles. The molecule has 0 aliphatic rings. The molecule has 94 valence electrons. The van der Waals surface area contributed by atoms with Crippen molar-refractivity contribution in [2.45, 2.75) is 33.1 Å². The van der Waals surface area contributed by atoms with E-state index in [-0.39, 0.29) is 17.3 Å². The minimum atomic E-state index is -0.502. The fourth-order valence-corrected chi connectivity index (χ4v) is 1.96. The van der Waals surface area contributed by atoms with Crippen LogP contribution in [0.5, 0.6) is 5.75 Å². The Labute approximate surface area is 102 Å². The maximum atomic E-state index is 13.6. The van der Waals surface area contributed by atoms with Crippen LogP contribution in [0.4, 0.5) is 4.39 Å². The molecule has 1 aromatic rings. The second-order valence-corrected chi connectivity index (χ2v) is 4.34. The molecule has 2 nitrogen and oxygen atoms in total. The molecular formula is C14H19FO2. The highest BCUT2D eigenvalue weighted by Crippen LogP contribution is 2.24. The van der Waals surface area contributed by atoms with Crippen LogP contribution in [0.3, 0.4) is 0 Å². The van der Waals surface area contributed by atoms with Gasteiger partial charge >= 0.3 is 0 Å². The number of hydrogen-bond donors (Lipinski definition) is 0. The Hall–Kier alpha value is -1.38. The van der Waals surface area contributed by atoms with Crippen molar-refractivity contribution in [3.05, 3.63) is 29.6 Å². The number of hydrogen-bond acceptors (Lipinski definition) is 2. The summed E-state index contributed by atoms with van der Waals surface area (Å²) in [4.78, 5) is 12.0. The first-order valence-corrected chi connectivity index (χ1v) is 5.95. The summed E-state index contributed by atoms with van der Waals surface area (Å²) in [6.45, 7) is 4.08. The lowest BCUT2D eigenvalue weighted by molar-refractivity contribution is 0.0955. The zero-order valence-corrected chi connectivity index (χ0v) is 10.6. The average Bonchev–Trinajstić information content (AvgIpc) is 2.28. The van der Waals surface area contributed by atoms with Crippen LogP contribution in [0.25, 0.3) is 0 Å². The molecule has 0 radical (unpaired) electrons. The molecule has 0 fully saturated rings. The highest BCUT2D eigenvalue weighted by atomic mass is 19.1. The molecule has 17 heavy (non-hydrogen) atoms. The van der Waals surface area contributed by atoms with Gasteiger partial charge in [-0.15, -0.1) is 0 Å². The summed E-state index contributed by atoms with van der Waals surface area (Å²) in [6.07, 6.45) is 2.37. The molecule has 1 unspecified atom stereocenters. The van der Waals surface area contributed by atoms with Crippen molar-refractivity contribution in [3.8, 4) is 5.75 Å². The molecule has 0 aliphatic carbocycles. The largest absolute Gasteiger partial charge is 0.496 e. The van der Waals surface area contributed by atoms with Gasteiger partial charge in [-0.2, -0.15) is 0 Å². The summed E-state index contributed by atoms with van der Waals surface area (Å²) in [6, 6.07) is 4.45. The lowest BCUT2D eigenvalue weighted by Crippen LogP contribution is -2.09. The molecule has 1 rings (SSSR count). The van der Waals surface area contributed by atoms with Gasteiger partial charge in [-0.05, 0) is 18.1 Å². The van der Waals surface area contributed by atoms with Crippen LogP contribution in [0.2, 0.25) is 0 Å². The second kappa shape index (κ2) is 6.38. The molecule has 0 saturated heterocycles. The quantitative estimate of drug-likeness (QED) is 0.704. The van der Waals surface area contributed by atoms with Crippen LogP contribution < -0.4 is 4.74 Å². The topological polar surface area (TPSA) is 26.3 Å². The maximum Gasteiger partial charge on any atom is 0.169 e. The van der Waals surface area contributed by atoms with Crippen LogP contribution in [0.15, 0.2) is 18.2 Å². The summed E-state index contributed by atoms with van der Waals surface area (Å²) in [5, 5.41) is 0. The van der Waals surface area contributed by atoms with Crippen molar-refractivity contribution in [2.24, 2.45) is 5.92 Å². The van der Waals surface area contributed by atoms with E-state index in [1.807, 2.05) is 6.92 Å². The van der Waals surface area contributed by atoms with Gasteiger partial charge in [0, 0.05) is 6.42 Å². The normalized spacial score (nSPS) is 12.2. The SMILES string of the molecule is CCCC(C)CC(=O)c1c(F)cccc1OC. The van der Waals surface area contributed by atoms with Gasteiger partial charge in [-0.3, -0.25) is 4.79 Å². The molecule has 0 spiro atoms. The van der Waals surface area contributed by atoms with E-state index in [0.717, 1.165) is 12.8 Å². The summed E-state index contributed by atoms with van der Waals surface area (Å²) in [5.74, 6) is -0.0885. The van der Waals surface area contributed by atoms with E-state index in [1.54, 1.807) is 12.1 Å². The van der Waals surface area contributed by atoms with Gasteiger partial charge in [0.25, 0.3) is 0 Å². The Morgan fingerprint density at radius 1 is 1.47 bits per heavy atom. The molecule has 0 aliphatic heterocycles. The molecular weight excluding hydrogens is 219 g/mol. The Kier molecular flexibility index (Phi) is 5.13. The lowest BCUT2D eigenvalue weighted by atomic mass is 9.95. The van der Waals surface area contributed by atoms with Crippen molar-refractivity contribution in [2.75, 3.05) is 7.11 Å². The predicted molar refractivity (Wildman–Crippen MR) is 66.0 cm³/mol. The first-order valence-electron chi connectivity index (χ1n) is 5.95. The van der Waals surface area contributed by atoms with E-state index >= 15 is 0 Å². The van der Waals surface area contributed by atoms with Gasteiger partial charge < -0.3 is 4.74 Å². The Bertz CT molecular complexity index is 388. The third-order valence-electron chi connectivity index (χ3n) is 2.79. The zero-order chi connectivity index (χ0) is 12.8. The van der Waals surface area contributed by atoms with Gasteiger partial charge in [-0.1, -0.05) is 32.8 Å². The maximum absolute atomic E-state index is 13.6. The van der Waals surface area contributed by atoms with Crippen molar-refractivity contribution in [1.29, 1.82) is 0 Å². The third kappa shape index (κ3) is 3.55. The number of ketones is 1. The first kappa shape index (κ1) is 13.7. The zero-order valence-electron chi connectivity index (χ0n) is 10.6. The number of rotatable bonds is 6. The van der Waals surface area contributed by atoms with E-state index in [1.165, 1.54) is 13.2 Å². The van der Waals surface area contributed by atoms with Crippen LogP contribution in [0, 0.1) is 11.7 Å². The summed E-state index contributed by atoms with van der Waals surface area (Å²) < 4.78 is 18.7. The number of carbonyl (C=O) groups excluding carboxylic acids is 1. The predicted octanol–water partition coefficient (Wildman–Crippen LogP) is 3.84. The summed E-state index contributed by atoms with van der Waals surface area (Å²) >= 11 is 0. The number of halogens is 1. The second-order valence-electron chi connectivity index (χ2n) is 4.34. The first-order chi connectivity index (χ1) is 8.10. The summed E-state index contributed by atoms with van der Waals surface area (Å²) in [5.41, 5.74) is 0.0814. The molecule has 0 bridgehead atoms. The summed E-state index contributed by atoms with van der Waals surface area (Å²) in [7, 11) is 1.45. The van der Waals surface area contributed by atoms with Crippen LogP contribution in [0.1, 0.15) is 43.5 Å². The van der Waals surface area contributed by atoms with Crippen molar-refractivity contribution < 1.29 is 13.9 Å². The van der Waals surface area contributed by atoms with Crippen LogP contribution >= 0.6 is 0 Å². The minimum absolute atomic E-state index is 0.0814. The van der Waals surface area contributed by atoms with Crippen molar-refractivity contribution in [3.63, 3.8) is 0 Å². The third-order valence-corrected chi connectivity index (χ3v) is 2.79. The van der Waals surface area contributed by atoms with Gasteiger partial charge in [-0.25, -0.2) is 4.39 Å². The fourth-order valence-electron chi connectivity index (χ4n) is 1.96. The highest BCUT2D eigenvalue weighted by molar-refractivity contribution is 5.99. The van der Waals surface area contributed by atoms with E-state index < -0.39 is 5.82 Å². The number of Topliss-reactive ketones (excluding diaryl/α,β-unsaturated/α-hetero) is 1. The van der Waals surface area contributed by atoms with Crippen LogP contribution in [-0.4, -0.2) is 12.9 Å². The monoisotopic (exact) mass is 238 g/mol. The van der Waals surface area contributed by atoms with Crippen molar-refractivity contribution >= 4 is 5.78 Å². The van der Waals surface area contributed by atoms with Gasteiger partial charge in [0.15, 0.2) is 5.78 Å². The number of benzene rings is 1. The van der Waals surface area contributed by atoms with Crippen molar-refractivity contribution in [1.82, 2.24) is 0 Å². The number of carbonyl (C=O) groups is 1. The van der Waals surface area contributed by atoms with Gasteiger partial charge in [0.05, 0.1) is 12.7 Å². The molecule has 0 N–H and O–H groups in total. The lowest BCUT2D eigenvalue weighted by Gasteiger charge is -2.12. The molecule has 0 amide bonds. The van der Waals surface area contributed by atoms with E-state index in [9.17, 15) is 9.18 Å². The standard InChI is InChI=1S/C14H19FO2/c1-4-6-10(2)9-12(16)14-11(15)7-5-8-13(14)17-3/h5,7-8,10H,4,6,9H2,1-3H3. The number of methoxy groups -OCH3 is 1. The Morgan fingerprint density at radius 3 is 2.76 bits per heavy atom. The Balaban J connectivity index is 2.88. The average molecular weight is 238 g/mol. The van der Waals surface area contributed by atoms with Gasteiger partial charge in [0.2, 0.25) is 0 Å². The molecule has 1 atom stereocenters. The molecule has 1 aromatic carbocycles. The van der Waals surface area contributed by atoms with E-state index in [4.69, 9.17) is 4.74 Å². The van der Waals surface area contributed by atoms with E-state index in [2.05, 4.69) is 6.92 Å². The highest BCUT2D eigenvalue weighted by Gasteiger charge is 2.19. The van der Waals surface area contributed by atoms with E-state index in [0.29, 0.717) is 12.2 Å². The minimum Gasteiger partial charge on any atom is -0.496 e. The van der Waals surface area contributed by atoms with Crippen LogP contribution in [-0.2, 0) is 0 Å². The molecule has 3 heteroatoms.